The van der Waals surface area contributed by atoms with E-state index in [0.29, 0.717) is 6.04 Å². The monoisotopic (exact) mass is 467 g/mol. The minimum Gasteiger partial charge on any atom is -1.00 e. The van der Waals surface area contributed by atoms with E-state index in [4.69, 9.17) is 0 Å². The van der Waals surface area contributed by atoms with E-state index in [2.05, 4.69) is 70.2 Å². The Bertz CT molecular complexity index is 569. The smallest absolute Gasteiger partial charge is 1.00 e. The molecule has 0 bridgehead atoms. The molecule has 1 aromatic carbocycles. The Labute approximate surface area is 161 Å². The van der Waals surface area contributed by atoms with Gasteiger partial charge in [-0.1, -0.05) is 0 Å². The third-order valence-corrected chi connectivity index (χ3v) is 6.11. The molecule has 1 nitrogen and oxygen atoms in total. The molecular formula is C14H11BrCl3NZr. The number of halogens is 4. The topological polar surface area (TPSA) is 3.24 Å². The molecule has 1 aliphatic heterocycles. The summed E-state index contributed by atoms with van der Waals surface area (Å²) in [5.74, 6) is 0. The van der Waals surface area contributed by atoms with Gasteiger partial charge in [-0.2, -0.15) is 0 Å². The van der Waals surface area contributed by atoms with Crippen molar-refractivity contribution in [1.29, 1.82) is 0 Å². The Hall–Kier alpha value is 0.473. The molecule has 2 aliphatic rings. The molecule has 0 N–H and O–H groups in total. The fraction of sp³-hybridized carbons (Fsp3) is 0.143. The largest absolute Gasteiger partial charge is 1.00 e. The molecular weight excluding hydrogens is 460 g/mol. The van der Waals surface area contributed by atoms with E-state index in [9.17, 15) is 0 Å². The number of rotatable bonds is 1. The quantitative estimate of drug-likeness (QED) is 0.371. The summed E-state index contributed by atoms with van der Waals surface area (Å²) >= 11 is 5.21. The summed E-state index contributed by atoms with van der Waals surface area (Å²) in [5.41, 5.74) is 4.07. The van der Waals surface area contributed by atoms with Crippen molar-refractivity contribution in [2.24, 2.45) is 0 Å². The van der Waals surface area contributed by atoms with Crippen LogP contribution in [0.25, 0.3) is 0 Å². The summed E-state index contributed by atoms with van der Waals surface area (Å²) in [7, 11) is 0. The SMILES string of the molecule is CC1=CC2C(=C1)[C]([Zr+3])=C(Br)N2c1ccccc1.[Cl-].[Cl-].[Cl-]. The molecule has 1 heterocycles. The van der Waals surface area contributed by atoms with Crippen molar-refractivity contribution in [2.75, 3.05) is 4.90 Å². The van der Waals surface area contributed by atoms with Gasteiger partial charge in [0.15, 0.2) is 0 Å². The second kappa shape index (κ2) is 8.20. The van der Waals surface area contributed by atoms with Crippen molar-refractivity contribution in [1.82, 2.24) is 0 Å². The summed E-state index contributed by atoms with van der Waals surface area (Å²) in [6.07, 6.45) is 4.64. The number of hydrogen-bond donors (Lipinski definition) is 0. The Morgan fingerprint density at radius 3 is 2.30 bits per heavy atom. The zero-order valence-electron chi connectivity index (χ0n) is 10.6. The van der Waals surface area contributed by atoms with Gasteiger partial charge >= 0.3 is 126 Å². The molecule has 0 amide bonds. The van der Waals surface area contributed by atoms with Gasteiger partial charge in [-0.15, -0.1) is 0 Å². The third-order valence-electron chi connectivity index (χ3n) is 3.14. The summed E-state index contributed by atoms with van der Waals surface area (Å²) in [6, 6.07) is 10.9. The molecule has 1 aliphatic carbocycles. The van der Waals surface area contributed by atoms with Crippen molar-refractivity contribution in [2.45, 2.75) is 13.0 Å². The van der Waals surface area contributed by atoms with Crippen LogP contribution >= 0.6 is 15.9 Å². The summed E-state index contributed by atoms with van der Waals surface area (Å²) in [6.45, 7) is 2.17. The van der Waals surface area contributed by atoms with Crippen LogP contribution in [0.4, 0.5) is 5.69 Å². The predicted molar refractivity (Wildman–Crippen MR) is 70.5 cm³/mol. The number of nitrogens with zero attached hydrogens (tertiary/aromatic N) is 1. The minimum atomic E-state index is 0. The van der Waals surface area contributed by atoms with E-state index in [1.807, 2.05) is 0 Å². The van der Waals surface area contributed by atoms with Crippen molar-refractivity contribution in [3.8, 4) is 0 Å². The van der Waals surface area contributed by atoms with Gasteiger partial charge in [0.05, 0.1) is 0 Å². The van der Waals surface area contributed by atoms with Gasteiger partial charge in [0.2, 0.25) is 0 Å². The van der Waals surface area contributed by atoms with Crippen LogP contribution in [-0.2, 0) is 24.7 Å². The molecule has 0 radical (unpaired) electrons. The van der Waals surface area contributed by atoms with Crippen LogP contribution in [0.15, 0.2) is 61.5 Å². The normalized spacial score (nSPS) is 19.4. The first-order valence-electron chi connectivity index (χ1n) is 5.54. The van der Waals surface area contributed by atoms with Crippen LogP contribution in [0.2, 0.25) is 0 Å². The zero-order valence-corrected chi connectivity index (χ0v) is 16.9. The Balaban J connectivity index is 0.00000120. The number of anilines is 1. The molecule has 3 rings (SSSR count). The minimum absolute atomic E-state index is 0. The average molecular weight is 471 g/mol. The van der Waals surface area contributed by atoms with Gasteiger partial charge in [0.25, 0.3) is 0 Å². The van der Waals surface area contributed by atoms with Gasteiger partial charge in [0, 0.05) is 0 Å². The molecule has 20 heavy (non-hydrogen) atoms. The average Bonchev–Trinajstić information content (AvgIpc) is 2.80. The van der Waals surface area contributed by atoms with Gasteiger partial charge < -0.3 is 37.2 Å². The molecule has 0 aromatic heterocycles. The van der Waals surface area contributed by atoms with Crippen LogP contribution < -0.4 is 42.1 Å². The van der Waals surface area contributed by atoms with Crippen LogP contribution in [0.3, 0.4) is 0 Å². The number of para-hydroxylation sites is 1. The van der Waals surface area contributed by atoms with Crippen LogP contribution in [0, 0.1) is 0 Å². The Morgan fingerprint density at radius 1 is 1.10 bits per heavy atom. The first kappa shape index (κ1) is 20.5. The van der Waals surface area contributed by atoms with Gasteiger partial charge in [-0.05, 0) is 0 Å². The molecule has 1 aromatic rings. The van der Waals surface area contributed by atoms with Gasteiger partial charge in [0.1, 0.15) is 0 Å². The number of fused-ring (bicyclic) bond motifs is 1. The van der Waals surface area contributed by atoms with Crippen LogP contribution in [0.1, 0.15) is 6.92 Å². The predicted octanol–water partition coefficient (Wildman–Crippen LogP) is -5.12. The van der Waals surface area contributed by atoms with E-state index in [1.165, 1.54) is 49.4 Å². The maximum atomic E-state index is 3.74. The van der Waals surface area contributed by atoms with Gasteiger partial charge in [-0.3, -0.25) is 0 Å². The number of benzene rings is 1. The van der Waals surface area contributed by atoms with Crippen LogP contribution in [0.5, 0.6) is 0 Å². The van der Waals surface area contributed by atoms with E-state index in [-0.39, 0.29) is 37.2 Å². The van der Waals surface area contributed by atoms with Crippen molar-refractivity contribution < 1.29 is 61.9 Å². The Morgan fingerprint density at radius 2 is 1.70 bits per heavy atom. The van der Waals surface area contributed by atoms with E-state index in [1.54, 1.807) is 0 Å². The van der Waals surface area contributed by atoms with Crippen LogP contribution in [-0.4, -0.2) is 6.04 Å². The molecule has 0 spiro atoms. The summed E-state index contributed by atoms with van der Waals surface area (Å²) < 4.78 is 2.65. The maximum Gasteiger partial charge on any atom is -1.00 e. The van der Waals surface area contributed by atoms with E-state index < -0.39 is 0 Å². The zero-order chi connectivity index (χ0) is 12.0. The molecule has 0 fully saturated rings. The molecule has 0 saturated heterocycles. The second-order valence-electron chi connectivity index (χ2n) is 4.33. The molecule has 0 saturated carbocycles. The molecule has 104 valence electrons. The first-order valence-corrected chi connectivity index (χ1v) is 7.57. The van der Waals surface area contributed by atoms with E-state index in [0.717, 1.165) is 0 Å². The first-order chi connectivity index (χ1) is 8.18. The third kappa shape index (κ3) is 3.44. The summed E-state index contributed by atoms with van der Waals surface area (Å²) in [4.78, 5) is 2.37. The van der Waals surface area contributed by atoms with Crippen molar-refractivity contribution >= 4 is 21.6 Å². The molecule has 1 unspecified atom stereocenters. The standard InChI is InChI=1S/C14H11BrN.3ClH.Zr/c1-10-7-11-9-14(15)16(13(11)8-10)12-5-3-2-4-6-12;;;;/h2-8,13H,1H3;3*1H;/q;;;;+3/p-3. The Kier molecular flexibility index (Phi) is 8.39. The molecule has 1 atom stereocenters. The maximum absolute atomic E-state index is 3.74. The fourth-order valence-electron chi connectivity index (χ4n) is 2.38. The van der Waals surface area contributed by atoms with Crippen molar-refractivity contribution in [3.05, 3.63) is 61.5 Å². The van der Waals surface area contributed by atoms with E-state index >= 15 is 0 Å². The van der Waals surface area contributed by atoms with Gasteiger partial charge in [-0.25, -0.2) is 0 Å². The number of allylic oxidation sites excluding steroid dienone is 2. The number of hydrogen-bond acceptors (Lipinski definition) is 1. The summed E-state index contributed by atoms with van der Waals surface area (Å²) in [5, 5.41) is 0. The molecule has 6 heteroatoms. The second-order valence-corrected chi connectivity index (χ2v) is 6.31. The fourth-order valence-corrected chi connectivity index (χ4v) is 3.87. The van der Waals surface area contributed by atoms with Crippen molar-refractivity contribution in [3.63, 3.8) is 0 Å².